The molecule has 2 N–H and O–H groups in total. The number of aromatic nitrogens is 2. The van der Waals surface area contributed by atoms with Crippen molar-refractivity contribution in [1.82, 2.24) is 9.97 Å². The molecule has 1 aromatic rings. The molecule has 11 heavy (non-hydrogen) atoms. The Morgan fingerprint density at radius 2 is 2.27 bits per heavy atom. The Kier molecular flexibility index (Phi) is 2.60. The highest BCUT2D eigenvalue weighted by Crippen LogP contribution is 1.96. The standard InChI is InChI=1S/C8H11N3/c1-2-7-5-11-8(3-4-9)6-10-7/h3-6H,2,9H2,1H3/b4-3-. The average Bonchev–Trinajstić information content (AvgIpc) is 2.07. The van der Waals surface area contributed by atoms with Crippen LogP contribution in [0.1, 0.15) is 18.3 Å². The van der Waals surface area contributed by atoms with Crippen LogP contribution < -0.4 is 5.73 Å². The molecule has 0 aliphatic carbocycles. The normalized spacial score (nSPS) is 10.6. The van der Waals surface area contributed by atoms with Crippen LogP contribution in [0.15, 0.2) is 18.6 Å². The fourth-order valence-corrected chi connectivity index (χ4v) is 0.732. The molecule has 0 aromatic carbocycles. The number of rotatable bonds is 2. The molecule has 0 aliphatic heterocycles. The van der Waals surface area contributed by atoms with Crippen molar-refractivity contribution in [3.05, 3.63) is 30.0 Å². The van der Waals surface area contributed by atoms with E-state index >= 15 is 0 Å². The van der Waals surface area contributed by atoms with Crippen molar-refractivity contribution < 1.29 is 0 Å². The maximum absolute atomic E-state index is 5.18. The second-order valence-corrected chi connectivity index (χ2v) is 2.15. The molecular weight excluding hydrogens is 138 g/mol. The van der Waals surface area contributed by atoms with Crippen LogP contribution in [0.3, 0.4) is 0 Å². The quantitative estimate of drug-likeness (QED) is 0.681. The summed E-state index contributed by atoms with van der Waals surface area (Å²) < 4.78 is 0. The molecule has 1 heterocycles. The average molecular weight is 149 g/mol. The second kappa shape index (κ2) is 3.71. The molecule has 58 valence electrons. The maximum Gasteiger partial charge on any atom is 0.0827 e. The molecule has 0 bridgehead atoms. The summed E-state index contributed by atoms with van der Waals surface area (Å²) in [6.45, 7) is 2.04. The van der Waals surface area contributed by atoms with E-state index in [4.69, 9.17) is 5.73 Å². The molecule has 0 saturated carbocycles. The van der Waals surface area contributed by atoms with E-state index in [0.29, 0.717) is 0 Å². The molecule has 0 radical (unpaired) electrons. The highest BCUT2D eigenvalue weighted by Gasteiger charge is 1.90. The van der Waals surface area contributed by atoms with Crippen molar-refractivity contribution in [1.29, 1.82) is 0 Å². The lowest BCUT2D eigenvalue weighted by atomic mass is 10.3. The van der Waals surface area contributed by atoms with Crippen molar-refractivity contribution in [2.75, 3.05) is 0 Å². The first-order valence-electron chi connectivity index (χ1n) is 3.56. The lowest BCUT2D eigenvalue weighted by molar-refractivity contribution is 0.994. The van der Waals surface area contributed by atoms with Gasteiger partial charge in [0.1, 0.15) is 0 Å². The Hall–Kier alpha value is -1.38. The lowest BCUT2D eigenvalue weighted by Gasteiger charge is -1.94. The fraction of sp³-hybridized carbons (Fsp3) is 0.250. The van der Waals surface area contributed by atoms with E-state index in [9.17, 15) is 0 Å². The van der Waals surface area contributed by atoms with Crippen molar-refractivity contribution in [3.63, 3.8) is 0 Å². The highest BCUT2D eigenvalue weighted by atomic mass is 14.8. The van der Waals surface area contributed by atoms with Crippen molar-refractivity contribution in [3.8, 4) is 0 Å². The summed E-state index contributed by atoms with van der Waals surface area (Å²) in [5.41, 5.74) is 6.98. The van der Waals surface area contributed by atoms with Crippen molar-refractivity contribution in [2.45, 2.75) is 13.3 Å². The number of aryl methyl sites for hydroxylation is 1. The SMILES string of the molecule is CCc1cnc(/C=C\N)cn1. The van der Waals surface area contributed by atoms with E-state index in [1.165, 1.54) is 6.20 Å². The van der Waals surface area contributed by atoms with E-state index in [1.54, 1.807) is 18.5 Å². The first-order chi connectivity index (χ1) is 5.36. The molecule has 3 nitrogen and oxygen atoms in total. The van der Waals surface area contributed by atoms with Gasteiger partial charge in [-0.1, -0.05) is 6.92 Å². The van der Waals surface area contributed by atoms with Crippen LogP contribution in [-0.4, -0.2) is 9.97 Å². The van der Waals surface area contributed by atoms with Crippen LogP contribution >= 0.6 is 0 Å². The minimum Gasteiger partial charge on any atom is -0.405 e. The highest BCUT2D eigenvalue weighted by molar-refractivity contribution is 5.41. The zero-order valence-corrected chi connectivity index (χ0v) is 6.49. The Morgan fingerprint density at radius 1 is 1.45 bits per heavy atom. The summed E-state index contributed by atoms with van der Waals surface area (Å²) in [7, 11) is 0. The zero-order chi connectivity index (χ0) is 8.10. The Balaban J connectivity index is 2.82. The summed E-state index contributed by atoms with van der Waals surface area (Å²) in [5, 5.41) is 0. The van der Waals surface area contributed by atoms with Gasteiger partial charge < -0.3 is 5.73 Å². The van der Waals surface area contributed by atoms with Crippen molar-refractivity contribution in [2.24, 2.45) is 5.73 Å². The van der Waals surface area contributed by atoms with Gasteiger partial charge in [-0.2, -0.15) is 0 Å². The fourth-order valence-electron chi connectivity index (χ4n) is 0.732. The number of nitrogens with two attached hydrogens (primary N) is 1. The Bertz CT molecular complexity index is 238. The summed E-state index contributed by atoms with van der Waals surface area (Å²) >= 11 is 0. The molecule has 0 saturated heterocycles. The van der Waals surface area contributed by atoms with Crippen LogP contribution in [0.4, 0.5) is 0 Å². The van der Waals surface area contributed by atoms with Gasteiger partial charge in [0.05, 0.1) is 17.6 Å². The van der Waals surface area contributed by atoms with Gasteiger partial charge in [-0.25, -0.2) is 0 Å². The monoisotopic (exact) mass is 149 g/mol. The molecule has 0 atom stereocenters. The topological polar surface area (TPSA) is 51.8 Å². The number of nitrogens with zero attached hydrogens (tertiary/aromatic N) is 2. The molecule has 1 aromatic heterocycles. The van der Waals surface area contributed by atoms with E-state index in [2.05, 4.69) is 9.97 Å². The van der Waals surface area contributed by atoms with Gasteiger partial charge in [-0.3, -0.25) is 9.97 Å². The first-order valence-corrected chi connectivity index (χ1v) is 3.56. The molecule has 0 fully saturated rings. The van der Waals surface area contributed by atoms with Gasteiger partial charge >= 0.3 is 0 Å². The zero-order valence-electron chi connectivity index (χ0n) is 6.49. The van der Waals surface area contributed by atoms with Gasteiger partial charge in [0.2, 0.25) is 0 Å². The van der Waals surface area contributed by atoms with Crippen LogP contribution in [0.5, 0.6) is 0 Å². The molecular formula is C8H11N3. The maximum atomic E-state index is 5.18. The lowest BCUT2D eigenvalue weighted by Crippen LogP contribution is -1.90. The largest absolute Gasteiger partial charge is 0.405 e. The van der Waals surface area contributed by atoms with Gasteiger partial charge in [0.25, 0.3) is 0 Å². The first kappa shape index (κ1) is 7.72. The Morgan fingerprint density at radius 3 is 2.73 bits per heavy atom. The minimum absolute atomic E-state index is 0.796. The Labute approximate surface area is 66.0 Å². The van der Waals surface area contributed by atoms with E-state index in [0.717, 1.165) is 17.8 Å². The van der Waals surface area contributed by atoms with Gasteiger partial charge in [0.15, 0.2) is 0 Å². The van der Waals surface area contributed by atoms with Gasteiger partial charge in [0, 0.05) is 6.20 Å². The van der Waals surface area contributed by atoms with Crippen LogP contribution in [-0.2, 0) is 6.42 Å². The predicted octanol–water partition coefficient (Wildman–Crippen LogP) is 0.968. The molecule has 0 spiro atoms. The molecule has 1 rings (SSSR count). The van der Waals surface area contributed by atoms with E-state index in [1.807, 2.05) is 6.92 Å². The van der Waals surface area contributed by atoms with Crippen LogP contribution in [0.2, 0.25) is 0 Å². The summed E-state index contributed by atoms with van der Waals surface area (Å²) in [6.07, 6.45) is 7.55. The third-order valence-electron chi connectivity index (χ3n) is 1.35. The summed E-state index contributed by atoms with van der Waals surface area (Å²) in [5.74, 6) is 0. The van der Waals surface area contributed by atoms with Crippen LogP contribution in [0, 0.1) is 0 Å². The molecule has 0 unspecified atom stereocenters. The number of hydrogen-bond acceptors (Lipinski definition) is 3. The summed E-state index contributed by atoms with van der Waals surface area (Å²) in [4.78, 5) is 8.26. The predicted molar refractivity (Wildman–Crippen MR) is 44.6 cm³/mol. The third kappa shape index (κ3) is 2.04. The van der Waals surface area contributed by atoms with Gasteiger partial charge in [-0.05, 0) is 18.7 Å². The van der Waals surface area contributed by atoms with Gasteiger partial charge in [-0.15, -0.1) is 0 Å². The smallest absolute Gasteiger partial charge is 0.0827 e. The van der Waals surface area contributed by atoms with Crippen LogP contribution in [0.25, 0.3) is 6.08 Å². The van der Waals surface area contributed by atoms with E-state index < -0.39 is 0 Å². The third-order valence-corrected chi connectivity index (χ3v) is 1.35. The minimum atomic E-state index is 0.796. The van der Waals surface area contributed by atoms with Crippen molar-refractivity contribution >= 4 is 6.08 Å². The van der Waals surface area contributed by atoms with E-state index in [-0.39, 0.29) is 0 Å². The summed E-state index contributed by atoms with van der Waals surface area (Å²) in [6, 6.07) is 0. The number of hydrogen-bond donors (Lipinski definition) is 1. The molecule has 0 aliphatic rings. The second-order valence-electron chi connectivity index (χ2n) is 2.15. The molecule has 3 heteroatoms. The molecule has 0 amide bonds.